The van der Waals surface area contributed by atoms with Gasteiger partial charge in [0.2, 0.25) is 5.91 Å². The molecule has 1 saturated carbocycles. The van der Waals surface area contributed by atoms with Crippen molar-refractivity contribution in [2.45, 2.75) is 59.3 Å². The van der Waals surface area contributed by atoms with Crippen LogP contribution in [0.1, 0.15) is 59.3 Å². The van der Waals surface area contributed by atoms with Crippen molar-refractivity contribution in [2.24, 2.45) is 10.8 Å². The molecule has 0 bridgehead atoms. The van der Waals surface area contributed by atoms with Crippen LogP contribution in [0.3, 0.4) is 0 Å². The van der Waals surface area contributed by atoms with Crippen LogP contribution in [0.2, 0.25) is 0 Å². The third kappa shape index (κ3) is 3.37. The predicted molar refractivity (Wildman–Crippen MR) is 73.3 cm³/mol. The van der Waals surface area contributed by atoms with Crippen molar-refractivity contribution in [3.8, 4) is 0 Å². The average Bonchev–Trinajstić information content (AvgIpc) is 2.80. The Balaban J connectivity index is 2.52. The third-order valence-electron chi connectivity index (χ3n) is 4.66. The number of hydrogen-bond acceptors (Lipinski definition) is 1. The molecule has 1 amide bonds. The molecular formula is C14H26ClNO. The fourth-order valence-electron chi connectivity index (χ4n) is 2.60. The second-order valence-corrected chi connectivity index (χ2v) is 6.06. The maximum Gasteiger partial charge on any atom is 0.225 e. The standard InChI is InChI=1S/C14H26ClNO/c1-4-14(5-2,10-15)11-16-12(17)13(3)8-6-7-9-13/h4-11H2,1-3H3,(H,16,17). The summed E-state index contributed by atoms with van der Waals surface area (Å²) in [4.78, 5) is 12.2. The number of nitrogens with one attached hydrogen (secondary N) is 1. The van der Waals surface area contributed by atoms with Gasteiger partial charge in [0.25, 0.3) is 0 Å². The highest BCUT2D eigenvalue weighted by molar-refractivity contribution is 6.18. The molecule has 1 N–H and O–H groups in total. The Kier molecular flexibility index (Phi) is 5.30. The molecule has 17 heavy (non-hydrogen) atoms. The van der Waals surface area contributed by atoms with Gasteiger partial charge >= 0.3 is 0 Å². The van der Waals surface area contributed by atoms with Gasteiger partial charge in [-0.25, -0.2) is 0 Å². The van der Waals surface area contributed by atoms with Crippen molar-refractivity contribution >= 4 is 17.5 Å². The molecule has 100 valence electrons. The van der Waals surface area contributed by atoms with Crippen LogP contribution < -0.4 is 5.32 Å². The van der Waals surface area contributed by atoms with Crippen LogP contribution in [0.4, 0.5) is 0 Å². The Morgan fingerprint density at radius 1 is 1.29 bits per heavy atom. The molecule has 0 unspecified atom stereocenters. The molecule has 0 spiro atoms. The Labute approximate surface area is 110 Å². The van der Waals surface area contributed by atoms with Crippen LogP contribution in [0.5, 0.6) is 0 Å². The molecule has 0 atom stereocenters. The predicted octanol–water partition coefficient (Wildman–Crippen LogP) is 3.73. The number of hydrogen-bond donors (Lipinski definition) is 1. The first-order valence-electron chi connectivity index (χ1n) is 6.86. The normalized spacial score (nSPS) is 19.3. The number of carbonyl (C=O) groups is 1. The van der Waals surface area contributed by atoms with Crippen molar-refractivity contribution in [3.05, 3.63) is 0 Å². The van der Waals surface area contributed by atoms with E-state index in [2.05, 4.69) is 26.1 Å². The van der Waals surface area contributed by atoms with E-state index >= 15 is 0 Å². The quantitative estimate of drug-likeness (QED) is 0.724. The summed E-state index contributed by atoms with van der Waals surface area (Å²) in [5, 5.41) is 3.14. The molecule has 1 rings (SSSR count). The first-order valence-corrected chi connectivity index (χ1v) is 7.39. The van der Waals surface area contributed by atoms with Crippen molar-refractivity contribution < 1.29 is 4.79 Å². The van der Waals surface area contributed by atoms with Gasteiger partial charge < -0.3 is 5.32 Å². The van der Waals surface area contributed by atoms with Crippen LogP contribution in [-0.2, 0) is 4.79 Å². The van der Waals surface area contributed by atoms with E-state index in [1.807, 2.05) is 0 Å². The van der Waals surface area contributed by atoms with Crippen LogP contribution in [0, 0.1) is 10.8 Å². The lowest BCUT2D eigenvalue weighted by Crippen LogP contribution is -2.43. The van der Waals surface area contributed by atoms with Gasteiger partial charge in [0.05, 0.1) is 0 Å². The highest BCUT2D eigenvalue weighted by Crippen LogP contribution is 2.38. The number of rotatable bonds is 6. The summed E-state index contributed by atoms with van der Waals surface area (Å²) in [6.45, 7) is 7.11. The molecule has 0 radical (unpaired) electrons. The summed E-state index contributed by atoms with van der Waals surface area (Å²) in [6.07, 6.45) is 6.47. The molecule has 3 heteroatoms. The van der Waals surface area contributed by atoms with Crippen molar-refractivity contribution in [1.82, 2.24) is 5.32 Å². The van der Waals surface area contributed by atoms with Crippen molar-refractivity contribution in [3.63, 3.8) is 0 Å². The molecule has 0 aliphatic heterocycles. The van der Waals surface area contributed by atoms with Gasteiger partial charge in [-0.1, -0.05) is 33.6 Å². The van der Waals surface area contributed by atoms with Crippen LogP contribution >= 0.6 is 11.6 Å². The molecule has 1 aliphatic rings. The molecule has 1 fully saturated rings. The topological polar surface area (TPSA) is 29.1 Å². The summed E-state index contributed by atoms with van der Waals surface area (Å²) in [6, 6.07) is 0. The van der Waals surface area contributed by atoms with E-state index in [1.165, 1.54) is 12.8 Å². The van der Waals surface area contributed by atoms with Gasteiger partial charge in [0.15, 0.2) is 0 Å². The zero-order valence-electron chi connectivity index (χ0n) is 11.4. The van der Waals surface area contributed by atoms with E-state index in [-0.39, 0.29) is 16.7 Å². The van der Waals surface area contributed by atoms with Crippen molar-refractivity contribution in [1.29, 1.82) is 0 Å². The van der Waals surface area contributed by atoms with Crippen LogP contribution in [0.15, 0.2) is 0 Å². The highest BCUT2D eigenvalue weighted by Gasteiger charge is 2.37. The lowest BCUT2D eigenvalue weighted by atomic mass is 9.83. The fraction of sp³-hybridized carbons (Fsp3) is 0.929. The molecule has 0 saturated heterocycles. The second-order valence-electron chi connectivity index (χ2n) is 5.79. The number of carbonyl (C=O) groups excluding carboxylic acids is 1. The van der Waals surface area contributed by atoms with E-state index in [1.54, 1.807) is 0 Å². The third-order valence-corrected chi connectivity index (χ3v) is 5.23. The largest absolute Gasteiger partial charge is 0.355 e. The van der Waals surface area contributed by atoms with Crippen LogP contribution in [-0.4, -0.2) is 18.3 Å². The number of halogens is 1. The van der Waals surface area contributed by atoms with E-state index in [9.17, 15) is 4.79 Å². The maximum absolute atomic E-state index is 12.2. The summed E-state index contributed by atoms with van der Waals surface area (Å²) < 4.78 is 0. The SMILES string of the molecule is CCC(CC)(CCl)CNC(=O)C1(C)CCCC1. The molecule has 0 aromatic heterocycles. The summed E-state index contributed by atoms with van der Waals surface area (Å²) in [5.41, 5.74) is -0.0499. The monoisotopic (exact) mass is 259 g/mol. The zero-order valence-corrected chi connectivity index (χ0v) is 12.2. The summed E-state index contributed by atoms with van der Waals surface area (Å²) in [5.74, 6) is 0.850. The molecule has 0 heterocycles. The Hall–Kier alpha value is -0.240. The lowest BCUT2D eigenvalue weighted by Gasteiger charge is -2.31. The Morgan fingerprint density at radius 3 is 2.24 bits per heavy atom. The smallest absolute Gasteiger partial charge is 0.225 e. The van der Waals surface area contributed by atoms with Gasteiger partial charge in [-0.2, -0.15) is 0 Å². The molecule has 1 aliphatic carbocycles. The Bertz CT molecular complexity index is 247. The molecule has 2 nitrogen and oxygen atoms in total. The number of alkyl halides is 1. The van der Waals surface area contributed by atoms with Gasteiger partial charge in [-0.05, 0) is 25.7 Å². The zero-order chi connectivity index (χ0) is 12.9. The first kappa shape index (κ1) is 14.8. The van der Waals surface area contributed by atoms with Gasteiger partial charge in [0.1, 0.15) is 0 Å². The lowest BCUT2D eigenvalue weighted by molar-refractivity contribution is -0.130. The Morgan fingerprint density at radius 2 is 1.82 bits per heavy atom. The van der Waals surface area contributed by atoms with E-state index < -0.39 is 0 Å². The molecule has 0 aromatic rings. The molecule has 0 aromatic carbocycles. The molecular weight excluding hydrogens is 234 g/mol. The first-order chi connectivity index (χ1) is 8.02. The summed E-state index contributed by atoms with van der Waals surface area (Å²) in [7, 11) is 0. The fourth-order valence-corrected chi connectivity index (χ4v) is 3.07. The van der Waals surface area contributed by atoms with E-state index in [0.717, 1.165) is 32.2 Å². The minimum absolute atomic E-state index is 0.0756. The van der Waals surface area contributed by atoms with E-state index in [0.29, 0.717) is 5.88 Å². The number of amides is 1. The average molecular weight is 260 g/mol. The minimum Gasteiger partial charge on any atom is -0.355 e. The second kappa shape index (κ2) is 6.08. The van der Waals surface area contributed by atoms with Crippen molar-refractivity contribution in [2.75, 3.05) is 12.4 Å². The van der Waals surface area contributed by atoms with Gasteiger partial charge in [0, 0.05) is 23.3 Å². The maximum atomic E-state index is 12.2. The van der Waals surface area contributed by atoms with Gasteiger partial charge in [-0.15, -0.1) is 11.6 Å². The van der Waals surface area contributed by atoms with E-state index in [4.69, 9.17) is 11.6 Å². The highest BCUT2D eigenvalue weighted by atomic mass is 35.5. The van der Waals surface area contributed by atoms with Crippen LogP contribution in [0.25, 0.3) is 0 Å². The van der Waals surface area contributed by atoms with Gasteiger partial charge in [-0.3, -0.25) is 4.79 Å². The minimum atomic E-state index is -0.125. The summed E-state index contributed by atoms with van der Waals surface area (Å²) >= 11 is 6.05.